The van der Waals surface area contributed by atoms with E-state index < -0.39 is 5.92 Å². The number of nitrogens with zero attached hydrogens (tertiary/aromatic N) is 3. The summed E-state index contributed by atoms with van der Waals surface area (Å²) in [6.45, 7) is 0. The van der Waals surface area contributed by atoms with Crippen molar-refractivity contribution in [2.75, 3.05) is 0 Å². The molecule has 0 aliphatic heterocycles. The Kier molecular flexibility index (Phi) is 2.45. The van der Waals surface area contributed by atoms with Gasteiger partial charge in [0.15, 0.2) is 0 Å². The van der Waals surface area contributed by atoms with Crippen molar-refractivity contribution < 1.29 is 5.21 Å². The average Bonchev–Trinajstić information content (AvgIpc) is 2.55. The summed E-state index contributed by atoms with van der Waals surface area (Å²) in [6.07, 6.45) is 3.83. The summed E-state index contributed by atoms with van der Waals surface area (Å²) in [6, 6.07) is 3.78. The fraction of sp³-hybridized carbons (Fsp3) is 0.375. The largest absolute Gasteiger partial charge is 0.411 e. The van der Waals surface area contributed by atoms with E-state index in [9.17, 15) is 0 Å². The molecule has 0 spiro atoms. The molecule has 0 saturated carbocycles. The molecule has 0 saturated heterocycles. The van der Waals surface area contributed by atoms with Gasteiger partial charge in [-0.3, -0.25) is 0 Å². The highest BCUT2D eigenvalue weighted by molar-refractivity contribution is 5.97. The van der Waals surface area contributed by atoms with E-state index in [-0.39, 0.29) is 5.92 Å². The standard InChI is InChI=1S/C8H7N3O/c9-4-7(5-10)6-1-2-8(3-6)11-12/h1-2,6-7,12H,3H2. The molecule has 4 nitrogen and oxygen atoms in total. The molecule has 0 fully saturated rings. The number of hydrogen-bond acceptors (Lipinski definition) is 4. The normalized spacial score (nSPS) is 24.2. The summed E-state index contributed by atoms with van der Waals surface area (Å²) in [5.41, 5.74) is 0.524. The van der Waals surface area contributed by atoms with Gasteiger partial charge in [-0.15, -0.1) is 0 Å². The predicted molar refractivity (Wildman–Crippen MR) is 41.2 cm³/mol. The van der Waals surface area contributed by atoms with Gasteiger partial charge in [0.1, 0.15) is 5.92 Å². The molecule has 0 aromatic heterocycles. The average molecular weight is 161 g/mol. The fourth-order valence-electron chi connectivity index (χ4n) is 1.14. The lowest BCUT2D eigenvalue weighted by atomic mass is 9.94. The van der Waals surface area contributed by atoms with Crippen molar-refractivity contribution in [2.24, 2.45) is 17.0 Å². The molecule has 60 valence electrons. The lowest BCUT2D eigenvalue weighted by Crippen LogP contribution is -2.07. The molecule has 4 heteroatoms. The van der Waals surface area contributed by atoms with Gasteiger partial charge in [0.25, 0.3) is 0 Å². The van der Waals surface area contributed by atoms with Crippen molar-refractivity contribution in [1.29, 1.82) is 10.5 Å². The second kappa shape index (κ2) is 3.54. The third-order valence-electron chi connectivity index (χ3n) is 1.82. The molecule has 1 N–H and O–H groups in total. The molecule has 1 aliphatic carbocycles. The highest BCUT2D eigenvalue weighted by Gasteiger charge is 2.23. The van der Waals surface area contributed by atoms with E-state index in [2.05, 4.69) is 5.16 Å². The Morgan fingerprint density at radius 1 is 1.58 bits per heavy atom. The Balaban J connectivity index is 2.68. The maximum Gasteiger partial charge on any atom is 0.139 e. The van der Waals surface area contributed by atoms with Gasteiger partial charge >= 0.3 is 0 Å². The third kappa shape index (κ3) is 1.43. The smallest absolute Gasteiger partial charge is 0.139 e. The molecule has 1 unspecified atom stereocenters. The van der Waals surface area contributed by atoms with Gasteiger partial charge in [0, 0.05) is 12.3 Å². The third-order valence-corrected chi connectivity index (χ3v) is 1.82. The second-order valence-corrected chi connectivity index (χ2v) is 2.55. The zero-order valence-corrected chi connectivity index (χ0v) is 6.31. The summed E-state index contributed by atoms with van der Waals surface area (Å²) >= 11 is 0. The Morgan fingerprint density at radius 2 is 2.25 bits per heavy atom. The van der Waals surface area contributed by atoms with Crippen LogP contribution in [0.1, 0.15) is 6.42 Å². The number of hydrogen-bond donors (Lipinski definition) is 1. The molecule has 12 heavy (non-hydrogen) atoms. The lowest BCUT2D eigenvalue weighted by Gasteiger charge is -2.04. The monoisotopic (exact) mass is 161 g/mol. The second-order valence-electron chi connectivity index (χ2n) is 2.55. The minimum Gasteiger partial charge on any atom is -0.411 e. The van der Waals surface area contributed by atoms with Gasteiger partial charge < -0.3 is 5.21 Å². The van der Waals surface area contributed by atoms with Crippen molar-refractivity contribution in [3.63, 3.8) is 0 Å². The topological polar surface area (TPSA) is 80.2 Å². The van der Waals surface area contributed by atoms with Crippen molar-refractivity contribution in [3.8, 4) is 12.1 Å². The quantitative estimate of drug-likeness (QED) is 0.461. The highest BCUT2D eigenvalue weighted by atomic mass is 16.4. The molecule has 1 rings (SSSR count). The number of oxime groups is 1. The molecule has 1 atom stereocenters. The van der Waals surface area contributed by atoms with Gasteiger partial charge in [0.05, 0.1) is 17.9 Å². The van der Waals surface area contributed by atoms with Crippen LogP contribution in [0.3, 0.4) is 0 Å². The minimum absolute atomic E-state index is 0.120. The summed E-state index contributed by atoms with van der Waals surface area (Å²) < 4.78 is 0. The van der Waals surface area contributed by atoms with Crippen molar-refractivity contribution in [1.82, 2.24) is 0 Å². The zero-order chi connectivity index (χ0) is 8.97. The van der Waals surface area contributed by atoms with Gasteiger partial charge in [-0.05, 0) is 6.08 Å². The summed E-state index contributed by atoms with van der Waals surface area (Å²) in [7, 11) is 0. The summed E-state index contributed by atoms with van der Waals surface area (Å²) in [5, 5.41) is 28.5. The number of allylic oxidation sites excluding steroid dienone is 2. The molecule has 0 aromatic rings. The Bertz CT molecular complexity index is 291. The van der Waals surface area contributed by atoms with Crippen LogP contribution in [0.4, 0.5) is 0 Å². The van der Waals surface area contributed by atoms with E-state index in [1.165, 1.54) is 0 Å². The Labute approximate surface area is 70.0 Å². The molecular weight excluding hydrogens is 154 g/mol. The predicted octanol–water partition coefficient (Wildman–Crippen LogP) is 1.06. The van der Waals surface area contributed by atoms with Gasteiger partial charge in [-0.25, -0.2) is 0 Å². The van der Waals surface area contributed by atoms with E-state index in [4.69, 9.17) is 15.7 Å². The SMILES string of the molecule is N#CC(C#N)C1C=CC(=NO)C1. The first-order valence-electron chi connectivity index (χ1n) is 3.50. The van der Waals surface area contributed by atoms with Crippen LogP contribution >= 0.6 is 0 Å². The van der Waals surface area contributed by atoms with E-state index in [1.54, 1.807) is 12.2 Å². The number of rotatable bonds is 1. The first-order chi connectivity index (χ1) is 5.81. The maximum atomic E-state index is 8.54. The van der Waals surface area contributed by atoms with Crippen LogP contribution < -0.4 is 0 Å². The first-order valence-corrected chi connectivity index (χ1v) is 3.50. The molecular formula is C8H7N3O. The number of nitriles is 2. The molecule has 0 bridgehead atoms. The van der Waals surface area contributed by atoms with Crippen LogP contribution in [0.15, 0.2) is 17.3 Å². The van der Waals surface area contributed by atoms with Gasteiger partial charge in [0.2, 0.25) is 0 Å². The van der Waals surface area contributed by atoms with Crippen molar-refractivity contribution >= 4 is 5.71 Å². The van der Waals surface area contributed by atoms with Crippen LogP contribution in [-0.2, 0) is 0 Å². The van der Waals surface area contributed by atoms with Crippen LogP contribution in [0.2, 0.25) is 0 Å². The molecule has 1 aliphatic rings. The van der Waals surface area contributed by atoms with Crippen LogP contribution in [0.25, 0.3) is 0 Å². The highest BCUT2D eigenvalue weighted by Crippen LogP contribution is 2.22. The summed E-state index contributed by atoms with van der Waals surface area (Å²) in [4.78, 5) is 0. The molecule has 0 aromatic carbocycles. The van der Waals surface area contributed by atoms with Gasteiger partial charge in [-0.2, -0.15) is 10.5 Å². The molecule has 0 heterocycles. The van der Waals surface area contributed by atoms with E-state index in [0.29, 0.717) is 12.1 Å². The lowest BCUT2D eigenvalue weighted by molar-refractivity contribution is 0.318. The first kappa shape index (κ1) is 8.29. The molecule has 0 radical (unpaired) electrons. The summed E-state index contributed by atoms with van der Waals surface area (Å²) in [5.74, 6) is -0.758. The Morgan fingerprint density at radius 3 is 2.67 bits per heavy atom. The maximum absolute atomic E-state index is 8.54. The van der Waals surface area contributed by atoms with E-state index in [0.717, 1.165) is 0 Å². The zero-order valence-electron chi connectivity index (χ0n) is 6.31. The van der Waals surface area contributed by atoms with E-state index >= 15 is 0 Å². The van der Waals surface area contributed by atoms with Crippen LogP contribution in [0, 0.1) is 34.5 Å². The van der Waals surface area contributed by atoms with Crippen molar-refractivity contribution in [2.45, 2.75) is 6.42 Å². The minimum atomic E-state index is -0.638. The van der Waals surface area contributed by atoms with Crippen molar-refractivity contribution in [3.05, 3.63) is 12.2 Å². The van der Waals surface area contributed by atoms with E-state index in [1.807, 2.05) is 12.1 Å². The van der Waals surface area contributed by atoms with Crippen LogP contribution in [-0.4, -0.2) is 10.9 Å². The van der Waals surface area contributed by atoms with Crippen LogP contribution in [0.5, 0.6) is 0 Å². The Hall–Kier alpha value is -1.81. The van der Waals surface area contributed by atoms with Gasteiger partial charge in [-0.1, -0.05) is 11.2 Å². The molecule has 0 amide bonds. The fourth-order valence-corrected chi connectivity index (χ4v) is 1.14.